The molecule has 0 aliphatic heterocycles. The Balaban J connectivity index is 0.000000200. The monoisotopic (exact) mass is 397 g/mol. The number of hydrogen-bond acceptors (Lipinski definition) is 4. The SMILES string of the molecule is CCCC(C)(C)c1nc2c([nH]1)c(=O)n(C)c(=O)n2C.NC1CCc2ccccc21. The van der Waals surface area contributed by atoms with E-state index in [2.05, 4.69) is 55.0 Å². The van der Waals surface area contributed by atoms with Crippen LogP contribution in [-0.4, -0.2) is 19.1 Å². The second kappa shape index (κ2) is 7.99. The van der Waals surface area contributed by atoms with E-state index in [0.717, 1.165) is 36.1 Å². The molecule has 0 spiro atoms. The fraction of sp³-hybridized carbons (Fsp3) is 0.500. The number of H-pyrrole nitrogens is 1. The van der Waals surface area contributed by atoms with Gasteiger partial charge in [-0.25, -0.2) is 9.78 Å². The molecule has 0 fully saturated rings. The Morgan fingerprint density at radius 2 is 1.90 bits per heavy atom. The highest BCUT2D eigenvalue weighted by atomic mass is 16.2. The van der Waals surface area contributed by atoms with Crippen molar-refractivity contribution in [2.24, 2.45) is 19.8 Å². The van der Waals surface area contributed by atoms with Gasteiger partial charge in [0.1, 0.15) is 11.3 Å². The average Bonchev–Trinajstić information content (AvgIpc) is 3.31. The molecule has 0 bridgehead atoms. The molecule has 3 N–H and O–H groups in total. The molecule has 7 nitrogen and oxygen atoms in total. The van der Waals surface area contributed by atoms with Crippen LogP contribution >= 0.6 is 0 Å². The van der Waals surface area contributed by atoms with Crippen molar-refractivity contribution < 1.29 is 0 Å². The molecular weight excluding hydrogens is 366 g/mol. The summed E-state index contributed by atoms with van der Waals surface area (Å²) in [5.74, 6) is 0.752. The van der Waals surface area contributed by atoms with E-state index < -0.39 is 0 Å². The van der Waals surface area contributed by atoms with Gasteiger partial charge in [-0.15, -0.1) is 0 Å². The predicted octanol–water partition coefficient (Wildman–Crippen LogP) is 2.67. The van der Waals surface area contributed by atoms with Crippen LogP contribution < -0.4 is 17.0 Å². The first-order valence-electron chi connectivity index (χ1n) is 10.2. The van der Waals surface area contributed by atoms with Gasteiger partial charge in [0.2, 0.25) is 0 Å². The Morgan fingerprint density at radius 3 is 2.55 bits per heavy atom. The summed E-state index contributed by atoms with van der Waals surface area (Å²) in [4.78, 5) is 31.5. The number of nitrogens with one attached hydrogen (secondary N) is 1. The van der Waals surface area contributed by atoms with Crippen molar-refractivity contribution >= 4 is 11.2 Å². The van der Waals surface area contributed by atoms with Gasteiger partial charge in [-0.2, -0.15) is 0 Å². The van der Waals surface area contributed by atoms with Crippen molar-refractivity contribution in [1.29, 1.82) is 0 Å². The lowest BCUT2D eigenvalue weighted by Crippen LogP contribution is -2.36. The summed E-state index contributed by atoms with van der Waals surface area (Å²) in [6, 6.07) is 8.74. The Morgan fingerprint density at radius 1 is 1.21 bits per heavy atom. The Kier molecular flexibility index (Phi) is 5.80. The maximum atomic E-state index is 12.1. The zero-order valence-corrected chi connectivity index (χ0v) is 18.0. The summed E-state index contributed by atoms with van der Waals surface area (Å²) in [5.41, 5.74) is 8.62. The fourth-order valence-corrected chi connectivity index (χ4v) is 3.98. The lowest BCUT2D eigenvalue weighted by Gasteiger charge is -2.20. The lowest BCUT2D eigenvalue weighted by atomic mass is 9.87. The van der Waals surface area contributed by atoms with Crippen LogP contribution in [0.4, 0.5) is 0 Å². The van der Waals surface area contributed by atoms with Gasteiger partial charge in [-0.05, 0) is 30.4 Å². The molecule has 1 unspecified atom stereocenters. The van der Waals surface area contributed by atoms with Crippen LogP contribution in [0.5, 0.6) is 0 Å². The molecule has 0 saturated heterocycles. The number of aromatic amines is 1. The number of aryl methyl sites for hydroxylation is 2. The van der Waals surface area contributed by atoms with Crippen LogP contribution in [0.2, 0.25) is 0 Å². The quantitative estimate of drug-likeness (QED) is 0.710. The van der Waals surface area contributed by atoms with Crippen molar-refractivity contribution in [3.8, 4) is 0 Å². The van der Waals surface area contributed by atoms with Crippen LogP contribution in [0.1, 0.15) is 63.0 Å². The Labute approximate surface area is 170 Å². The molecule has 4 rings (SSSR count). The van der Waals surface area contributed by atoms with Crippen LogP contribution in [0, 0.1) is 0 Å². The molecule has 7 heteroatoms. The first-order chi connectivity index (χ1) is 13.7. The van der Waals surface area contributed by atoms with Crippen LogP contribution in [0.25, 0.3) is 11.2 Å². The highest BCUT2D eigenvalue weighted by Gasteiger charge is 2.25. The van der Waals surface area contributed by atoms with Crippen molar-refractivity contribution in [2.45, 2.75) is 57.9 Å². The second-order valence-electron chi connectivity index (χ2n) is 8.47. The van der Waals surface area contributed by atoms with Gasteiger partial charge >= 0.3 is 5.69 Å². The van der Waals surface area contributed by atoms with E-state index in [1.807, 2.05) is 0 Å². The summed E-state index contributed by atoms with van der Waals surface area (Å²) >= 11 is 0. The third-order valence-electron chi connectivity index (χ3n) is 5.79. The zero-order valence-electron chi connectivity index (χ0n) is 18.0. The first-order valence-corrected chi connectivity index (χ1v) is 10.2. The maximum absolute atomic E-state index is 12.1. The van der Waals surface area contributed by atoms with Crippen molar-refractivity contribution in [1.82, 2.24) is 19.1 Å². The van der Waals surface area contributed by atoms with Crippen molar-refractivity contribution in [2.75, 3.05) is 0 Å². The highest BCUT2D eigenvalue weighted by molar-refractivity contribution is 5.70. The third-order valence-corrected chi connectivity index (χ3v) is 5.79. The average molecular weight is 398 g/mol. The zero-order chi connectivity index (χ0) is 21.3. The Hall–Kier alpha value is -2.67. The number of hydrogen-bond donors (Lipinski definition) is 2. The fourth-order valence-electron chi connectivity index (χ4n) is 3.98. The van der Waals surface area contributed by atoms with E-state index in [0.29, 0.717) is 17.2 Å². The van der Waals surface area contributed by atoms with Gasteiger partial charge in [-0.3, -0.25) is 13.9 Å². The molecule has 1 aromatic carbocycles. The number of rotatable bonds is 3. The van der Waals surface area contributed by atoms with E-state index in [-0.39, 0.29) is 16.7 Å². The number of aromatic nitrogens is 4. The topological polar surface area (TPSA) is 98.7 Å². The molecular formula is C22H31N5O2. The Bertz CT molecular complexity index is 1140. The standard InChI is InChI=1S/C13H20N4O2.C9H11N/c1-6-7-13(2,3)11-14-8-9(15-11)16(4)12(19)17(5)10(8)18;10-9-6-5-7-3-1-2-4-8(7)9/h6-7H2,1-5H3,(H,14,15);1-4,9H,5-6,10H2. The molecule has 29 heavy (non-hydrogen) atoms. The third kappa shape index (κ3) is 3.92. The normalized spacial score (nSPS) is 15.9. The summed E-state index contributed by atoms with van der Waals surface area (Å²) < 4.78 is 2.50. The first kappa shape index (κ1) is 21.0. The molecule has 0 radical (unpaired) electrons. The minimum Gasteiger partial charge on any atom is -0.336 e. The van der Waals surface area contributed by atoms with E-state index in [9.17, 15) is 9.59 Å². The van der Waals surface area contributed by atoms with Gasteiger partial charge in [-0.1, -0.05) is 51.5 Å². The molecule has 156 valence electrons. The van der Waals surface area contributed by atoms with Crippen LogP contribution in [-0.2, 0) is 25.9 Å². The molecule has 0 saturated carbocycles. The van der Waals surface area contributed by atoms with E-state index >= 15 is 0 Å². The number of imidazole rings is 1. The molecule has 1 aliphatic rings. The van der Waals surface area contributed by atoms with Gasteiger partial charge < -0.3 is 10.7 Å². The lowest BCUT2D eigenvalue weighted by molar-refractivity contribution is 0.449. The number of nitrogens with zero attached hydrogens (tertiary/aromatic N) is 3. The molecule has 2 heterocycles. The van der Waals surface area contributed by atoms with Crippen molar-refractivity contribution in [3.05, 3.63) is 62.1 Å². The smallest absolute Gasteiger partial charge is 0.332 e. The summed E-state index contributed by atoms with van der Waals surface area (Å²) in [7, 11) is 3.10. The summed E-state index contributed by atoms with van der Waals surface area (Å²) in [5, 5.41) is 0. The molecule has 1 aliphatic carbocycles. The van der Waals surface area contributed by atoms with Gasteiger partial charge in [0.25, 0.3) is 5.56 Å². The largest absolute Gasteiger partial charge is 0.336 e. The minimum absolute atomic E-state index is 0.144. The number of nitrogens with two attached hydrogens (primary N) is 1. The van der Waals surface area contributed by atoms with Crippen LogP contribution in [0.15, 0.2) is 33.9 Å². The van der Waals surface area contributed by atoms with Crippen LogP contribution in [0.3, 0.4) is 0 Å². The van der Waals surface area contributed by atoms with Gasteiger partial charge in [0, 0.05) is 25.6 Å². The van der Waals surface area contributed by atoms with Gasteiger partial charge in [0.15, 0.2) is 5.65 Å². The molecule has 3 aromatic rings. The van der Waals surface area contributed by atoms with E-state index in [1.54, 1.807) is 7.05 Å². The van der Waals surface area contributed by atoms with E-state index in [4.69, 9.17) is 5.73 Å². The highest BCUT2D eigenvalue weighted by Crippen LogP contribution is 2.28. The molecule has 2 aromatic heterocycles. The number of benzene rings is 1. The maximum Gasteiger partial charge on any atom is 0.332 e. The predicted molar refractivity (Wildman–Crippen MR) is 116 cm³/mol. The van der Waals surface area contributed by atoms with E-state index in [1.165, 1.54) is 22.7 Å². The minimum atomic E-state index is -0.358. The summed E-state index contributed by atoms with van der Waals surface area (Å²) in [6.45, 7) is 6.27. The van der Waals surface area contributed by atoms with Gasteiger partial charge in [0.05, 0.1) is 0 Å². The number of fused-ring (bicyclic) bond motifs is 2. The summed E-state index contributed by atoms with van der Waals surface area (Å²) in [6.07, 6.45) is 4.28. The second-order valence-corrected chi connectivity index (χ2v) is 8.47. The van der Waals surface area contributed by atoms with Crippen molar-refractivity contribution in [3.63, 3.8) is 0 Å². The molecule has 0 amide bonds. The molecule has 1 atom stereocenters.